The van der Waals surface area contributed by atoms with E-state index in [1.54, 1.807) is 0 Å². The molecular formula is C17H26BN. The van der Waals surface area contributed by atoms with Gasteiger partial charge in [0.2, 0.25) is 0 Å². The maximum atomic E-state index is 2.24. The van der Waals surface area contributed by atoms with Crippen LogP contribution in [0.2, 0.25) is 0 Å². The van der Waals surface area contributed by atoms with Gasteiger partial charge in [-0.1, -0.05) is 66.2 Å². The van der Waals surface area contributed by atoms with Gasteiger partial charge in [0.05, 0.1) is 28.2 Å². The van der Waals surface area contributed by atoms with E-state index < -0.39 is 0 Å². The standard InChI is InChI=1S/C13H14B.C4H12N/c1-3-7-12(8-4-1)11-14-13-9-5-2-6-10-13;1-5(2,3)4/h1-10H,11,14H2;1-4H3/q-1;+1. The molecule has 0 N–H and O–H groups in total. The maximum absolute atomic E-state index is 2.24. The molecule has 19 heavy (non-hydrogen) atoms. The second kappa shape index (κ2) is 7.80. The van der Waals surface area contributed by atoms with Crippen molar-refractivity contribution >= 4 is 12.7 Å². The third-order valence-electron chi connectivity index (χ3n) is 2.78. The number of nitrogens with zero attached hydrogens (tertiary/aromatic N) is 1. The first-order valence-corrected chi connectivity index (χ1v) is 7.17. The van der Waals surface area contributed by atoms with Crippen LogP contribution in [0, 0.1) is 0 Å². The molecule has 0 aliphatic rings. The average Bonchev–Trinajstić information content (AvgIpc) is 2.37. The van der Waals surface area contributed by atoms with Crippen LogP contribution in [0.3, 0.4) is 0 Å². The molecule has 0 saturated heterocycles. The molecule has 2 heteroatoms. The second-order valence-electron chi connectivity index (χ2n) is 6.53. The highest BCUT2D eigenvalue weighted by Crippen LogP contribution is 1.98. The van der Waals surface area contributed by atoms with E-state index in [4.69, 9.17) is 0 Å². The Kier molecular flexibility index (Phi) is 6.37. The lowest BCUT2D eigenvalue weighted by Crippen LogP contribution is -2.27. The first-order chi connectivity index (χ1) is 8.95. The zero-order chi connectivity index (χ0) is 14.1. The van der Waals surface area contributed by atoms with Crippen molar-refractivity contribution in [2.45, 2.75) is 6.32 Å². The highest BCUT2D eigenvalue weighted by Gasteiger charge is 1.88. The van der Waals surface area contributed by atoms with E-state index in [1.807, 2.05) is 0 Å². The van der Waals surface area contributed by atoms with Crippen LogP contribution >= 0.6 is 0 Å². The van der Waals surface area contributed by atoms with Crippen LogP contribution in [0.4, 0.5) is 0 Å². The number of quaternary nitrogens is 1. The normalized spacial score (nSPS) is 10.5. The molecule has 0 bridgehead atoms. The summed E-state index contributed by atoms with van der Waals surface area (Å²) < 4.78 is 1.00. The van der Waals surface area contributed by atoms with E-state index in [1.165, 1.54) is 17.3 Å². The fourth-order valence-corrected chi connectivity index (χ4v) is 1.89. The molecule has 0 atom stereocenters. The Balaban J connectivity index is 0.000000312. The average molecular weight is 255 g/mol. The molecule has 102 valence electrons. The topological polar surface area (TPSA) is 0 Å². The van der Waals surface area contributed by atoms with E-state index in [-0.39, 0.29) is 7.28 Å². The Morgan fingerprint density at radius 3 is 1.63 bits per heavy atom. The second-order valence-corrected chi connectivity index (χ2v) is 6.53. The van der Waals surface area contributed by atoms with Gasteiger partial charge in [0, 0.05) is 7.28 Å². The van der Waals surface area contributed by atoms with Crippen LogP contribution in [-0.2, 0) is 6.32 Å². The van der Waals surface area contributed by atoms with Gasteiger partial charge in [-0.3, -0.25) is 0 Å². The number of hydrogen-bond donors (Lipinski definition) is 0. The largest absolute Gasteiger partial charge is 0.333 e. The third-order valence-corrected chi connectivity index (χ3v) is 2.78. The minimum atomic E-state index is 0.0143. The molecule has 0 unspecified atom stereocenters. The first-order valence-electron chi connectivity index (χ1n) is 7.17. The van der Waals surface area contributed by atoms with Crippen molar-refractivity contribution in [3.63, 3.8) is 0 Å². The van der Waals surface area contributed by atoms with E-state index in [0.717, 1.165) is 4.48 Å². The first kappa shape index (κ1) is 15.5. The molecule has 0 aromatic heterocycles. The Hall–Kier alpha value is -1.54. The minimum absolute atomic E-state index is 0.0143. The molecule has 2 rings (SSSR count). The van der Waals surface area contributed by atoms with Gasteiger partial charge in [-0.2, -0.15) is 6.32 Å². The fourth-order valence-electron chi connectivity index (χ4n) is 1.89. The monoisotopic (exact) mass is 255 g/mol. The summed E-state index contributed by atoms with van der Waals surface area (Å²) in [5.41, 5.74) is 3.01. The smallest absolute Gasteiger partial charge is 0.0675 e. The van der Waals surface area contributed by atoms with Gasteiger partial charge in [-0.25, -0.2) is 5.46 Å². The fraction of sp³-hybridized carbons (Fsp3) is 0.294. The van der Waals surface area contributed by atoms with Crippen molar-refractivity contribution in [1.82, 2.24) is 0 Å². The van der Waals surface area contributed by atoms with E-state index in [9.17, 15) is 0 Å². The lowest BCUT2D eigenvalue weighted by molar-refractivity contribution is -0.849. The Morgan fingerprint density at radius 2 is 1.16 bits per heavy atom. The molecule has 1 nitrogen and oxygen atoms in total. The third kappa shape index (κ3) is 9.09. The highest BCUT2D eigenvalue weighted by molar-refractivity contribution is 6.52. The molecule has 0 radical (unpaired) electrons. The van der Waals surface area contributed by atoms with Gasteiger partial charge < -0.3 is 4.48 Å². The summed E-state index contributed by atoms with van der Waals surface area (Å²) in [6, 6.07) is 21.6. The van der Waals surface area contributed by atoms with Crippen molar-refractivity contribution in [3.05, 3.63) is 66.2 Å². The lowest BCUT2D eigenvalue weighted by Gasteiger charge is -2.14. The Morgan fingerprint density at radius 1 is 0.737 bits per heavy atom. The number of benzene rings is 2. The summed E-state index contributed by atoms with van der Waals surface area (Å²) in [4.78, 5) is 0. The van der Waals surface area contributed by atoms with Crippen molar-refractivity contribution in [3.8, 4) is 0 Å². The molecule has 0 amide bonds. The highest BCUT2D eigenvalue weighted by atomic mass is 15.2. The van der Waals surface area contributed by atoms with Crippen LogP contribution in [0.1, 0.15) is 5.56 Å². The summed E-state index contributed by atoms with van der Waals surface area (Å²) in [5, 5.41) is 0. The van der Waals surface area contributed by atoms with Gasteiger partial charge >= 0.3 is 0 Å². The van der Waals surface area contributed by atoms with Gasteiger partial charge in [-0.15, -0.1) is 0 Å². The SMILES string of the molecule is C[N+](C)(C)C.[BH2-](Cc1ccccc1)c1ccccc1. The molecule has 2 aromatic carbocycles. The van der Waals surface area contributed by atoms with E-state index in [2.05, 4.69) is 88.9 Å². The number of rotatable bonds is 3. The van der Waals surface area contributed by atoms with Gasteiger partial charge in [-0.05, 0) is 0 Å². The molecule has 0 fully saturated rings. The maximum Gasteiger partial charge on any atom is 0.0675 e. The molecule has 0 aliphatic heterocycles. The van der Waals surface area contributed by atoms with Gasteiger partial charge in [0.25, 0.3) is 0 Å². The summed E-state index contributed by atoms with van der Waals surface area (Å²) >= 11 is 0. The minimum Gasteiger partial charge on any atom is -0.333 e. The Labute approximate surface area is 118 Å². The number of hydrogen-bond acceptors (Lipinski definition) is 0. The lowest BCUT2D eigenvalue weighted by atomic mass is 9.65. The predicted molar refractivity (Wildman–Crippen MR) is 88.7 cm³/mol. The molecule has 0 spiro atoms. The van der Waals surface area contributed by atoms with Crippen molar-refractivity contribution in [1.29, 1.82) is 0 Å². The zero-order valence-electron chi connectivity index (χ0n) is 12.9. The quantitative estimate of drug-likeness (QED) is 0.581. The Bertz CT molecular complexity index is 400. The molecule has 0 heterocycles. The van der Waals surface area contributed by atoms with Crippen molar-refractivity contribution < 1.29 is 4.48 Å². The zero-order valence-corrected chi connectivity index (χ0v) is 12.9. The molecular weight excluding hydrogens is 229 g/mol. The van der Waals surface area contributed by atoms with Crippen LogP contribution < -0.4 is 5.46 Å². The van der Waals surface area contributed by atoms with E-state index >= 15 is 0 Å². The van der Waals surface area contributed by atoms with Crippen molar-refractivity contribution in [2.24, 2.45) is 0 Å². The van der Waals surface area contributed by atoms with E-state index in [0.29, 0.717) is 0 Å². The van der Waals surface area contributed by atoms with Crippen LogP contribution in [0.15, 0.2) is 60.7 Å². The van der Waals surface area contributed by atoms with Gasteiger partial charge in [0.15, 0.2) is 0 Å². The van der Waals surface area contributed by atoms with Crippen molar-refractivity contribution in [2.75, 3.05) is 28.2 Å². The van der Waals surface area contributed by atoms with Crippen LogP contribution in [0.25, 0.3) is 0 Å². The summed E-state index contributed by atoms with van der Waals surface area (Å²) in [5.74, 6) is 0. The summed E-state index contributed by atoms with van der Waals surface area (Å²) in [6.07, 6.45) is 1.25. The predicted octanol–water partition coefficient (Wildman–Crippen LogP) is 2.00. The van der Waals surface area contributed by atoms with Crippen LogP contribution in [-0.4, -0.2) is 40.0 Å². The van der Waals surface area contributed by atoms with Crippen LogP contribution in [0.5, 0.6) is 0 Å². The summed E-state index contributed by atoms with van der Waals surface area (Å²) in [7, 11) is 8.51. The summed E-state index contributed by atoms with van der Waals surface area (Å²) in [6.45, 7) is 0. The van der Waals surface area contributed by atoms with Gasteiger partial charge in [0.1, 0.15) is 0 Å². The molecule has 0 aliphatic carbocycles. The molecule has 2 aromatic rings. The molecule has 0 saturated carbocycles.